The van der Waals surface area contributed by atoms with Gasteiger partial charge in [-0.05, 0) is 18.2 Å². The Morgan fingerprint density at radius 1 is 1.33 bits per heavy atom. The molecule has 0 amide bonds. The monoisotopic (exact) mass is 204 g/mol. The van der Waals surface area contributed by atoms with Gasteiger partial charge in [0.05, 0.1) is 0 Å². The number of furan rings is 1. The van der Waals surface area contributed by atoms with Gasteiger partial charge in [-0.1, -0.05) is 6.92 Å². The van der Waals surface area contributed by atoms with Gasteiger partial charge in [-0.3, -0.25) is 0 Å². The number of nitrogens with zero attached hydrogens (tertiary/aromatic N) is 2. The number of rotatable bonds is 3. The number of hydrogen-bond donors (Lipinski definition) is 1. The van der Waals surface area contributed by atoms with Gasteiger partial charge in [-0.25, -0.2) is 9.97 Å². The summed E-state index contributed by atoms with van der Waals surface area (Å²) in [6.07, 6.45) is 3.11. The number of aryl methyl sites for hydroxylation is 1. The molecule has 0 radical (unpaired) electrons. The molecule has 0 fully saturated rings. The Morgan fingerprint density at radius 2 is 2.07 bits per heavy atom. The zero-order chi connectivity index (χ0) is 10.7. The van der Waals surface area contributed by atoms with E-state index in [1.54, 1.807) is 24.5 Å². The molecule has 1 atom stereocenters. The predicted octanol–water partition coefficient (Wildman–Crippen LogP) is 1.71. The molecule has 1 N–H and O–H groups in total. The maximum atomic E-state index is 9.88. The average molecular weight is 204 g/mol. The lowest BCUT2D eigenvalue weighted by Gasteiger charge is -2.04. The van der Waals surface area contributed by atoms with Crippen molar-refractivity contribution < 1.29 is 9.52 Å². The topological polar surface area (TPSA) is 59.2 Å². The van der Waals surface area contributed by atoms with E-state index in [9.17, 15) is 5.11 Å². The molecule has 4 heteroatoms. The summed E-state index contributed by atoms with van der Waals surface area (Å²) in [6.45, 7) is 1.99. The molecule has 0 aromatic carbocycles. The molecule has 78 valence electrons. The zero-order valence-corrected chi connectivity index (χ0v) is 8.42. The van der Waals surface area contributed by atoms with Gasteiger partial charge in [0.15, 0.2) is 11.9 Å². The molecule has 0 spiro atoms. The first-order chi connectivity index (χ1) is 7.31. The first-order valence-electron chi connectivity index (χ1n) is 4.85. The quantitative estimate of drug-likeness (QED) is 0.826. The third-order valence-corrected chi connectivity index (χ3v) is 2.13. The lowest BCUT2D eigenvalue weighted by Crippen LogP contribution is -2.03. The van der Waals surface area contributed by atoms with Crippen LogP contribution in [0.25, 0.3) is 0 Å². The summed E-state index contributed by atoms with van der Waals surface area (Å²) >= 11 is 0. The number of aromatic nitrogens is 2. The minimum Gasteiger partial charge on any atom is -0.463 e. The summed E-state index contributed by atoms with van der Waals surface area (Å²) in [5.41, 5.74) is 0. The van der Waals surface area contributed by atoms with Gasteiger partial charge >= 0.3 is 0 Å². The normalized spacial score (nSPS) is 12.7. The summed E-state index contributed by atoms with van der Waals surface area (Å²) in [5, 5.41) is 9.88. The van der Waals surface area contributed by atoms with Gasteiger partial charge in [0, 0.05) is 18.8 Å². The fourth-order valence-electron chi connectivity index (χ4n) is 1.31. The van der Waals surface area contributed by atoms with Crippen LogP contribution in [-0.2, 0) is 6.42 Å². The maximum absolute atomic E-state index is 9.88. The van der Waals surface area contributed by atoms with E-state index in [1.807, 2.05) is 13.0 Å². The Labute approximate surface area is 87.6 Å². The zero-order valence-electron chi connectivity index (χ0n) is 8.42. The van der Waals surface area contributed by atoms with Crippen LogP contribution >= 0.6 is 0 Å². The van der Waals surface area contributed by atoms with E-state index in [1.165, 1.54) is 0 Å². The van der Waals surface area contributed by atoms with Crippen LogP contribution in [0.1, 0.15) is 30.4 Å². The molecule has 4 nitrogen and oxygen atoms in total. The lowest BCUT2D eigenvalue weighted by atomic mass is 10.2. The minimum absolute atomic E-state index is 0.356. The van der Waals surface area contributed by atoms with Crippen molar-refractivity contribution in [3.63, 3.8) is 0 Å². The third kappa shape index (κ3) is 2.05. The Kier molecular flexibility index (Phi) is 2.78. The third-order valence-electron chi connectivity index (χ3n) is 2.13. The maximum Gasteiger partial charge on any atom is 0.171 e. The molecule has 15 heavy (non-hydrogen) atoms. The SMILES string of the molecule is CCc1ccc(C(O)c2ncccn2)o1. The smallest absolute Gasteiger partial charge is 0.171 e. The predicted molar refractivity (Wildman–Crippen MR) is 54.2 cm³/mol. The Balaban J connectivity index is 2.24. The number of aliphatic hydroxyl groups is 1. The fraction of sp³-hybridized carbons (Fsp3) is 0.273. The number of aliphatic hydroxyl groups excluding tert-OH is 1. The molecular weight excluding hydrogens is 192 g/mol. The molecule has 2 rings (SSSR count). The molecule has 0 aliphatic carbocycles. The summed E-state index contributed by atoms with van der Waals surface area (Å²) in [7, 11) is 0. The van der Waals surface area contributed by atoms with Gasteiger partial charge in [0.25, 0.3) is 0 Å². The second-order valence-electron chi connectivity index (χ2n) is 3.17. The van der Waals surface area contributed by atoms with E-state index in [2.05, 4.69) is 9.97 Å². The van der Waals surface area contributed by atoms with E-state index in [4.69, 9.17) is 4.42 Å². The molecule has 0 saturated heterocycles. The minimum atomic E-state index is -0.883. The first kappa shape index (κ1) is 9.86. The van der Waals surface area contributed by atoms with Crippen molar-refractivity contribution in [1.29, 1.82) is 0 Å². The van der Waals surface area contributed by atoms with Crippen LogP contribution in [0.4, 0.5) is 0 Å². The van der Waals surface area contributed by atoms with E-state index in [-0.39, 0.29) is 0 Å². The highest BCUT2D eigenvalue weighted by Crippen LogP contribution is 2.20. The van der Waals surface area contributed by atoms with Crippen LogP contribution in [-0.4, -0.2) is 15.1 Å². The van der Waals surface area contributed by atoms with Gasteiger partial charge in [0.2, 0.25) is 0 Å². The van der Waals surface area contributed by atoms with Gasteiger partial charge in [-0.15, -0.1) is 0 Å². The van der Waals surface area contributed by atoms with Crippen LogP contribution < -0.4 is 0 Å². The van der Waals surface area contributed by atoms with E-state index in [0.717, 1.165) is 12.2 Å². The van der Waals surface area contributed by atoms with Crippen LogP contribution in [0.3, 0.4) is 0 Å². The standard InChI is InChI=1S/C11H12N2O2/c1-2-8-4-5-9(15-8)10(14)11-12-6-3-7-13-11/h3-7,10,14H,2H2,1H3. The second-order valence-corrected chi connectivity index (χ2v) is 3.17. The van der Waals surface area contributed by atoms with Crippen molar-refractivity contribution in [2.45, 2.75) is 19.4 Å². The van der Waals surface area contributed by atoms with E-state index >= 15 is 0 Å². The molecule has 1 unspecified atom stereocenters. The highest BCUT2D eigenvalue weighted by atomic mass is 16.4. The fourth-order valence-corrected chi connectivity index (χ4v) is 1.31. The van der Waals surface area contributed by atoms with Crippen LogP contribution in [0.2, 0.25) is 0 Å². The molecule has 2 aromatic rings. The molecule has 0 aliphatic heterocycles. The van der Waals surface area contributed by atoms with E-state index < -0.39 is 6.10 Å². The van der Waals surface area contributed by atoms with Gasteiger partial charge in [0.1, 0.15) is 11.5 Å². The molecule has 2 heterocycles. The van der Waals surface area contributed by atoms with Crippen molar-refractivity contribution in [2.24, 2.45) is 0 Å². The van der Waals surface area contributed by atoms with Crippen LogP contribution in [0.15, 0.2) is 35.0 Å². The molecule has 0 bridgehead atoms. The van der Waals surface area contributed by atoms with Crippen molar-refractivity contribution in [2.75, 3.05) is 0 Å². The summed E-state index contributed by atoms with van der Waals surface area (Å²) in [6, 6.07) is 5.30. The Bertz CT molecular complexity index is 425. The summed E-state index contributed by atoms with van der Waals surface area (Å²) in [4.78, 5) is 7.94. The molecule has 0 saturated carbocycles. The average Bonchev–Trinajstić information content (AvgIpc) is 2.78. The molecule has 2 aromatic heterocycles. The largest absolute Gasteiger partial charge is 0.463 e. The van der Waals surface area contributed by atoms with Crippen molar-refractivity contribution in [3.8, 4) is 0 Å². The highest BCUT2D eigenvalue weighted by Gasteiger charge is 2.16. The Hall–Kier alpha value is -1.68. The Morgan fingerprint density at radius 3 is 2.67 bits per heavy atom. The van der Waals surface area contributed by atoms with E-state index in [0.29, 0.717) is 11.6 Å². The van der Waals surface area contributed by atoms with Gasteiger partial charge in [-0.2, -0.15) is 0 Å². The van der Waals surface area contributed by atoms with Crippen molar-refractivity contribution in [1.82, 2.24) is 9.97 Å². The van der Waals surface area contributed by atoms with Crippen LogP contribution in [0, 0.1) is 0 Å². The van der Waals surface area contributed by atoms with Crippen molar-refractivity contribution >= 4 is 0 Å². The summed E-state index contributed by atoms with van der Waals surface area (Å²) < 4.78 is 5.42. The molecular formula is C11H12N2O2. The summed E-state index contributed by atoms with van der Waals surface area (Å²) in [5.74, 6) is 1.69. The lowest BCUT2D eigenvalue weighted by molar-refractivity contribution is 0.177. The van der Waals surface area contributed by atoms with Crippen LogP contribution in [0.5, 0.6) is 0 Å². The second kappa shape index (κ2) is 4.23. The van der Waals surface area contributed by atoms with Gasteiger partial charge < -0.3 is 9.52 Å². The highest BCUT2D eigenvalue weighted by molar-refractivity contribution is 5.14. The molecule has 0 aliphatic rings. The first-order valence-corrected chi connectivity index (χ1v) is 4.85. The number of hydrogen-bond acceptors (Lipinski definition) is 4. The van der Waals surface area contributed by atoms with Crippen molar-refractivity contribution in [3.05, 3.63) is 47.9 Å².